The second-order valence-corrected chi connectivity index (χ2v) is 6.03. The van der Waals surface area contributed by atoms with Gasteiger partial charge in [-0.05, 0) is 30.7 Å². The zero-order valence-electron chi connectivity index (χ0n) is 14.0. The van der Waals surface area contributed by atoms with E-state index in [4.69, 9.17) is 14.2 Å². The molecule has 0 aliphatic rings. The molecule has 0 aromatic heterocycles. The van der Waals surface area contributed by atoms with Crippen molar-refractivity contribution in [1.29, 1.82) is 0 Å². The predicted octanol–water partition coefficient (Wildman–Crippen LogP) is 3.78. The quantitative estimate of drug-likeness (QED) is 0.289. The molecule has 1 unspecified atom stereocenters. The number of halogens is 1. The molecule has 0 spiro atoms. The zero-order chi connectivity index (χ0) is 18.2. The number of carbonyl (C=O) groups is 2. The number of methoxy groups -OCH3 is 1. The van der Waals surface area contributed by atoms with Crippen molar-refractivity contribution in [2.24, 2.45) is 0 Å². The number of rotatable bonds is 8. The minimum absolute atomic E-state index is 0.212. The standard InChI is InChI=1S/C19H19BrO5/c1-3-24-19(22)17(20)18(21)14-9-10-15(16(11-14)23-2)25-12-13-7-5-4-6-8-13/h4-11,17H,3,12H2,1-2H3. The highest BCUT2D eigenvalue weighted by Crippen LogP contribution is 2.30. The van der Waals surface area contributed by atoms with E-state index in [2.05, 4.69) is 15.9 Å². The van der Waals surface area contributed by atoms with E-state index in [0.717, 1.165) is 5.56 Å². The van der Waals surface area contributed by atoms with E-state index in [9.17, 15) is 9.59 Å². The van der Waals surface area contributed by atoms with Gasteiger partial charge in [0.25, 0.3) is 0 Å². The molecule has 0 N–H and O–H groups in total. The van der Waals surface area contributed by atoms with Crippen LogP contribution in [-0.4, -0.2) is 30.3 Å². The molecule has 2 aromatic rings. The Morgan fingerprint density at radius 2 is 1.80 bits per heavy atom. The molecule has 0 bridgehead atoms. The normalized spacial score (nSPS) is 11.5. The van der Waals surface area contributed by atoms with Crippen LogP contribution < -0.4 is 9.47 Å². The summed E-state index contributed by atoms with van der Waals surface area (Å²) in [5.41, 5.74) is 1.35. The van der Waals surface area contributed by atoms with Crippen LogP contribution in [0.2, 0.25) is 0 Å². The number of ketones is 1. The van der Waals surface area contributed by atoms with Gasteiger partial charge in [-0.3, -0.25) is 9.59 Å². The van der Waals surface area contributed by atoms with Crippen LogP contribution in [0.5, 0.6) is 11.5 Å². The third-order valence-electron chi connectivity index (χ3n) is 3.41. The van der Waals surface area contributed by atoms with Crippen LogP contribution in [0.25, 0.3) is 0 Å². The summed E-state index contributed by atoms with van der Waals surface area (Å²) < 4.78 is 15.9. The largest absolute Gasteiger partial charge is 0.493 e. The van der Waals surface area contributed by atoms with Crippen molar-refractivity contribution in [2.75, 3.05) is 13.7 Å². The lowest BCUT2D eigenvalue weighted by atomic mass is 10.1. The van der Waals surface area contributed by atoms with E-state index in [-0.39, 0.29) is 6.61 Å². The van der Waals surface area contributed by atoms with Crippen molar-refractivity contribution < 1.29 is 23.8 Å². The smallest absolute Gasteiger partial charge is 0.327 e. The van der Waals surface area contributed by atoms with Crippen molar-refractivity contribution in [3.05, 3.63) is 59.7 Å². The highest BCUT2D eigenvalue weighted by molar-refractivity contribution is 9.10. The Balaban J connectivity index is 2.12. The first-order valence-electron chi connectivity index (χ1n) is 7.76. The van der Waals surface area contributed by atoms with Gasteiger partial charge < -0.3 is 14.2 Å². The molecule has 0 heterocycles. The number of Topliss-reactive ketones (excluding diaryl/α,β-unsaturated/α-hetero) is 1. The molecule has 25 heavy (non-hydrogen) atoms. The Hall–Kier alpha value is -2.34. The number of esters is 1. The van der Waals surface area contributed by atoms with Gasteiger partial charge in [0.15, 0.2) is 22.1 Å². The summed E-state index contributed by atoms with van der Waals surface area (Å²) in [6.45, 7) is 2.28. The molecule has 1 atom stereocenters. The van der Waals surface area contributed by atoms with E-state index in [1.54, 1.807) is 25.1 Å². The van der Waals surface area contributed by atoms with Crippen LogP contribution in [0.3, 0.4) is 0 Å². The molecule has 0 saturated heterocycles. The SMILES string of the molecule is CCOC(=O)C(Br)C(=O)c1ccc(OCc2ccccc2)c(OC)c1. The van der Waals surface area contributed by atoms with E-state index in [0.29, 0.717) is 23.7 Å². The third kappa shape index (κ3) is 5.06. The average Bonchev–Trinajstić information content (AvgIpc) is 2.66. The van der Waals surface area contributed by atoms with Crippen molar-refractivity contribution >= 4 is 27.7 Å². The monoisotopic (exact) mass is 406 g/mol. The molecule has 5 nitrogen and oxygen atoms in total. The minimum Gasteiger partial charge on any atom is -0.493 e. The summed E-state index contributed by atoms with van der Waals surface area (Å²) in [6.07, 6.45) is 0. The summed E-state index contributed by atoms with van der Waals surface area (Å²) in [7, 11) is 1.50. The Kier molecular flexibility index (Phi) is 7.01. The maximum Gasteiger partial charge on any atom is 0.327 e. The number of hydrogen-bond acceptors (Lipinski definition) is 5. The van der Waals surface area contributed by atoms with Crippen molar-refractivity contribution in [3.8, 4) is 11.5 Å². The molecular weight excluding hydrogens is 388 g/mol. The fourth-order valence-corrected chi connectivity index (χ4v) is 2.54. The van der Waals surface area contributed by atoms with Gasteiger partial charge in [-0.1, -0.05) is 46.3 Å². The topological polar surface area (TPSA) is 61.8 Å². The first-order chi connectivity index (χ1) is 12.1. The Labute approximate surface area is 155 Å². The van der Waals surface area contributed by atoms with Gasteiger partial charge in [0.1, 0.15) is 6.61 Å². The number of hydrogen-bond donors (Lipinski definition) is 0. The summed E-state index contributed by atoms with van der Waals surface area (Å²) in [5, 5.41) is 0. The van der Waals surface area contributed by atoms with Crippen LogP contribution in [0.4, 0.5) is 0 Å². The summed E-state index contributed by atoms with van der Waals surface area (Å²) in [5.74, 6) is -0.0715. The van der Waals surface area contributed by atoms with E-state index in [1.165, 1.54) is 7.11 Å². The van der Waals surface area contributed by atoms with Gasteiger partial charge in [-0.25, -0.2) is 0 Å². The van der Waals surface area contributed by atoms with Crippen LogP contribution >= 0.6 is 15.9 Å². The fraction of sp³-hybridized carbons (Fsp3) is 0.263. The van der Waals surface area contributed by atoms with Crippen LogP contribution in [0.1, 0.15) is 22.8 Å². The van der Waals surface area contributed by atoms with Crippen molar-refractivity contribution in [3.63, 3.8) is 0 Å². The molecule has 132 valence electrons. The molecular formula is C19H19BrO5. The summed E-state index contributed by atoms with van der Waals surface area (Å²) in [6, 6.07) is 14.5. The number of ether oxygens (including phenoxy) is 3. The molecule has 0 fully saturated rings. The Bertz CT molecular complexity index is 730. The molecule has 0 amide bonds. The number of alkyl halides is 1. The van der Waals surface area contributed by atoms with E-state index < -0.39 is 16.6 Å². The van der Waals surface area contributed by atoms with E-state index >= 15 is 0 Å². The fourth-order valence-electron chi connectivity index (χ4n) is 2.14. The summed E-state index contributed by atoms with van der Waals surface area (Å²) in [4.78, 5) is 23.0. The first-order valence-corrected chi connectivity index (χ1v) is 8.68. The Morgan fingerprint density at radius 3 is 2.44 bits per heavy atom. The van der Waals surface area contributed by atoms with E-state index in [1.807, 2.05) is 30.3 Å². The molecule has 0 saturated carbocycles. The maximum atomic E-state index is 12.4. The average molecular weight is 407 g/mol. The molecule has 0 aliphatic carbocycles. The maximum absolute atomic E-state index is 12.4. The Morgan fingerprint density at radius 1 is 1.08 bits per heavy atom. The highest BCUT2D eigenvalue weighted by atomic mass is 79.9. The second-order valence-electron chi connectivity index (χ2n) is 5.12. The molecule has 2 rings (SSSR count). The van der Waals surface area contributed by atoms with Gasteiger partial charge >= 0.3 is 5.97 Å². The summed E-state index contributed by atoms with van der Waals surface area (Å²) >= 11 is 3.08. The lowest BCUT2D eigenvalue weighted by Crippen LogP contribution is -2.26. The van der Waals surface area contributed by atoms with Gasteiger partial charge in [0.2, 0.25) is 0 Å². The zero-order valence-corrected chi connectivity index (χ0v) is 15.6. The highest BCUT2D eigenvalue weighted by Gasteiger charge is 2.26. The molecule has 0 radical (unpaired) electrons. The first kappa shape index (κ1) is 19.0. The molecule has 0 aliphatic heterocycles. The van der Waals surface area contributed by atoms with Crippen molar-refractivity contribution in [2.45, 2.75) is 18.4 Å². The predicted molar refractivity (Wildman–Crippen MR) is 97.4 cm³/mol. The van der Waals surface area contributed by atoms with Crippen LogP contribution in [0.15, 0.2) is 48.5 Å². The number of carbonyl (C=O) groups excluding carboxylic acids is 2. The van der Waals surface area contributed by atoms with Gasteiger partial charge in [0, 0.05) is 5.56 Å². The lowest BCUT2D eigenvalue weighted by Gasteiger charge is -2.13. The van der Waals surface area contributed by atoms with Crippen LogP contribution in [-0.2, 0) is 16.1 Å². The lowest BCUT2D eigenvalue weighted by molar-refractivity contribution is -0.141. The van der Waals surface area contributed by atoms with Crippen LogP contribution in [0, 0.1) is 0 Å². The van der Waals surface area contributed by atoms with Gasteiger partial charge in [-0.15, -0.1) is 0 Å². The minimum atomic E-state index is -1.05. The third-order valence-corrected chi connectivity index (χ3v) is 4.20. The van der Waals surface area contributed by atoms with Crippen molar-refractivity contribution in [1.82, 2.24) is 0 Å². The molecule has 2 aromatic carbocycles. The molecule has 6 heteroatoms. The second kappa shape index (κ2) is 9.22. The number of benzene rings is 2. The van der Waals surface area contributed by atoms with Gasteiger partial charge in [0.05, 0.1) is 13.7 Å². The van der Waals surface area contributed by atoms with Gasteiger partial charge in [-0.2, -0.15) is 0 Å².